The maximum Gasteiger partial charge on any atom is 0.261 e. The van der Waals surface area contributed by atoms with Gasteiger partial charge in [-0.2, -0.15) is 0 Å². The highest BCUT2D eigenvalue weighted by molar-refractivity contribution is 7.20. The van der Waals surface area contributed by atoms with E-state index in [0.717, 1.165) is 24.3 Å². The van der Waals surface area contributed by atoms with Crippen molar-refractivity contribution < 1.29 is 13.9 Å². The van der Waals surface area contributed by atoms with Gasteiger partial charge >= 0.3 is 0 Å². The normalized spacial score (nSPS) is 17.9. The smallest absolute Gasteiger partial charge is 0.261 e. The molecule has 6 heteroatoms. The number of amides is 1. The van der Waals surface area contributed by atoms with Crippen LogP contribution in [-0.4, -0.2) is 43.2 Å². The quantitative estimate of drug-likeness (QED) is 0.730. The van der Waals surface area contributed by atoms with Gasteiger partial charge in [0, 0.05) is 36.3 Å². The van der Waals surface area contributed by atoms with Crippen LogP contribution in [0.15, 0.2) is 54.6 Å². The Kier molecular flexibility index (Phi) is 5.48. The largest absolute Gasteiger partial charge is 0.374 e. The van der Waals surface area contributed by atoms with Gasteiger partial charge in [0.1, 0.15) is 5.82 Å². The number of thiophene rings is 1. The maximum atomic E-state index is 13.8. The lowest BCUT2D eigenvalue weighted by molar-refractivity contribution is -0.0292. The van der Waals surface area contributed by atoms with Crippen LogP contribution < -0.4 is 5.32 Å². The second-order valence-electron chi connectivity index (χ2n) is 6.69. The molecule has 1 unspecified atom stereocenters. The van der Waals surface area contributed by atoms with Gasteiger partial charge in [-0.1, -0.05) is 36.4 Å². The van der Waals surface area contributed by atoms with Crippen molar-refractivity contribution in [2.24, 2.45) is 0 Å². The minimum absolute atomic E-state index is 0.0440. The molecule has 1 aromatic heterocycles. The van der Waals surface area contributed by atoms with Crippen LogP contribution in [0.1, 0.15) is 15.2 Å². The van der Waals surface area contributed by atoms with Gasteiger partial charge in [0.25, 0.3) is 5.91 Å². The van der Waals surface area contributed by atoms with Gasteiger partial charge in [-0.25, -0.2) is 4.39 Å². The van der Waals surface area contributed by atoms with Crippen LogP contribution >= 0.6 is 11.3 Å². The van der Waals surface area contributed by atoms with Gasteiger partial charge in [0.05, 0.1) is 17.6 Å². The molecule has 1 saturated heterocycles. The summed E-state index contributed by atoms with van der Waals surface area (Å²) in [6, 6.07) is 16.9. The van der Waals surface area contributed by atoms with E-state index < -0.39 is 0 Å². The fourth-order valence-electron chi connectivity index (χ4n) is 3.32. The van der Waals surface area contributed by atoms with Gasteiger partial charge in [0.15, 0.2) is 0 Å². The Morgan fingerprint density at radius 3 is 2.89 bits per heavy atom. The number of nitrogens with zero attached hydrogens (tertiary/aromatic N) is 1. The first-order valence-corrected chi connectivity index (χ1v) is 9.85. The zero-order valence-corrected chi connectivity index (χ0v) is 15.7. The maximum absolute atomic E-state index is 13.8. The Morgan fingerprint density at radius 2 is 2.07 bits per heavy atom. The van der Waals surface area contributed by atoms with Crippen LogP contribution in [-0.2, 0) is 11.3 Å². The predicted octanol–water partition coefficient (Wildman–Crippen LogP) is 3.67. The Morgan fingerprint density at radius 1 is 1.22 bits per heavy atom. The van der Waals surface area contributed by atoms with E-state index in [1.165, 1.54) is 23.0 Å². The monoisotopic (exact) mass is 384 g/mol. The minimum Gasteiger partial charge on any atom is -0.374 e. The summed E-state index contributed by atoms with van der Waals surface area (Å²) in [5.74, 6) is -0.477. The number of ether oxygens (including phenoxy) is 1. The van der Waals surface area contributed by atoms with Crippen molar-refractivity contribution in [1.82, 2.24) is 10.2 Å². The zero-order valence-electron chi connectivity index (χ0n) is 14.9. The van der Waals surface area contributed by atoms with Crippen LogP contribution in [0.2, 0.25) is 0 Å². The molecule has 140 valence electrons. The molecule has 2 aromatic carbocycles. The van der Waals surface area contributed by atoms with Gasteiger partial charge in [0.2, 0.25) is 0 Å². The summed E-state index contributed by atoms with van der Waals surface area (Å²) in [4.78, 5) is 15.3. The lowest BCUT2D eigenvalue weighted by Crippen LogP contribution is -2.47. The number of carbonyl (C=O) groups excluding carboxylic acids is 1. The average molecular weight is 384 g/mol. The van der Waals surface area contributed by atoms with Crippen molar-refractivity contribution in [1.29, 1.82) is 0 Å². The Bertz CT molecular complexity index is 928. The molecule has 1 N–H and O–H groups in total. The fourth-order valence-corrected chi connectivity index (χ4v) is 4.31. The van der Waals surface area contributed by atoms with Crippen molar-refractivity contribution in [3.8, 4) is 0 Å². The number of nitrogens with one attached hydrogen (secondary N) is 1. The molecule has 0 spiro atoms. The topological polar surface area (TPSA) is 41.6 Å². The highest BCUT2D eigenvalue weighted by Gasteiger charge is 2.22. The molecule has 1 aliphatic rings. The fraction of sp³-hybridized carbons (Fsp3) is 0.286. The summed E-state index contributed by atoms with van der Waals surface area (Å²) in [6.07, 6.45) is -0.0440. The molecule has 3 aromatic rings. The third-order valence-corrected chi connectivity index (χ3v) is 5.79. The molecule has 0 saturated carbocycles. The van der Waals surface area contributed by atoms with E-state index >= 15 is 0 Å². The molecule has 4 rings (SSSR count). The number of hydrogen-bond donors (Lipinski definition) is 1. The number of hydrogen-bond acceptors (Lipinski definition) is 4. The Balaban J connectivity index is 1.33. The van der Waals surface area contributed by atoms with Crippen LogP contribution in [0, 0.1) is 5.82 Å². The molecular weight excluding hydrogens is 363 g/mol. The van der Waals surface area contributed by atoms with E-state index in [9.17, 15) is 9.18 Å². The first kappa shape index (κ1) is 18.1. The van der Waals surface area contributed by atoms with Crippen LogP contribution in [0.5, 0.6) is 0 Å². The highest BCUT2D eigenvalue weighted by atomic mass is 32.1. The van der Waals surface area contributed by atoms with E-state index in [-0.39, 0.29) is 17.8 Å². The molecule has 0 radical (unpaired) electrons. The Hall–Kier alpha value is -2.28. The average Bonchev–Trinajstić information content (AvgIpc) is 3.13. The molecule has 27 heavy (non-hydrogen) atoms. The number of benzene rings is 2. The van der Waals surface area contributed by atoms with Gasteiger partial charge in [-0.05, 0) is 23.8 Å². The highest BCUT2D eigenvalue weighted by Crippen LogP contribution is 2.27. The third kappa shape index (κ3) is 4.35. The second kappa shape index (κ2) is 8.17. The van der Waals surface area contributed by atoms with E-state index in [0.29, 0.717) is 23.4 Å². The summed E-state index contributed by atoms with van der Waals surface area (Å²) in [5, 5.41) is 3.43. The van der Waals surface area contributed by atoms with Crippen LogP contribution in [0.25, 0.3) is 10.1 Å². The van der Waals surface area contributed by atoms with Crippen molar-refractivity contribution in [2.45, 2.75) is 12.6 Å². The molecule has 4 nitrogen and oxygen atoms in total. The third-order valence-electron chi connectivity index (χ3n) is 4.69. The summed E-state index contributed by atoms with van der Waals surface area (Å²) >= 11 is 1.31. The number of morpholine rings is 1. The predicted molar refractivity (Wildman–Crippen MR) is 106 cm³/mol. The van der Waals surface area contributed by atoms with Gasteiger partial charge in [-0.15, -0.1) is 11.3 Å². The molecule has 1 fully saturated rings. The van der Waals surface area contributed by atoms with Crippen LogP contribution in [0.4, 0.5) is 4.39 Å². The lowest BCUT2D eigenvalue weighted by atomic mass is 10.2. The van der Waals surface area contributed by atoms with Gasteiger partial charge < -0.3 is 10.1 Å². The van der Waals surface area contributed by atoms with E-state index in [1.54, 1.807) is 12.1 Å². The standard InChI is InChI=1S/C21H21FN2O2S/c22-18-7-4-8-19-17(18)11-20(27-19)21(25)23-12-16-14-24(9-10-26-16)13-15-5-2-1-3-6-15/h1-8,11,16H,9-10,12-14H2,(H,23,25). The number of fused-ring (bicyclic) bond motifs is 1. The molecule has 1 atom stereocenters. The van der Waals surface area contributed by atoms with E-state index in [2.05, 4.69) is 22.3 Å². The Labute approximate surface area is 161 Å². The molecule has 0 aliphatic carbocycles. The SMILES string of the molecule is O=C(NCC1CN(Cc2ccccc2)CCO1)c1cc2c(F)cccc2s1. The second-order valence-corrected chi connectivity index (χ2v) is 7.77. The minimum atomic E-state index is -0.296. The van der Waals surface area contributed by atoms with Crippen molar-refractivity contribution in [3.63, 3.8) is 0 Å². The van der Waals surface area contributed by atoms with E-state index in [4.69, 9.17) is 4.74 Å². The summed E-state index contributed by atoms with van der Waals surface area (Å²) in [6.45, 7) is 3.64. The number of halogens is 1. The van der Waals surface area contributed by atoms with E-state index in [1.807, 2.05) is 24.3 Å². The summed E-state index contributed by atoms with van der Waals surface area (Å²) in [7, 11) is 0. The molecular formula is C21H21FN2O2S. The zero-order chi connectivity index (χ0) is 18.6. The lowest BCUT2D eigenvalue weighted by Gasteiger charge is -2.33. The van der Waals surface area contributed by atoms with Crippen molar-refractivity contribution >= 4 is 27.3 Å². The first-order valence-electron chi connectivity index (χ1n) is 9.03. The van der Waals surface area contributed by atoms with Crippen molar-refractivity contribution in [2.75, 3.05) is 26.2 Å². The summed E-state index contributed by atoms with van der Waals surface area (Å²) in [5.41, 5.74) is 1.27. The first-order chi connectivity index (χ1) is 13.2. The molecule has 0 bridgehead atoms. The van der Waals surface area contributed by atoms with Crippen LogP contribution in [0.3, 0.4) is 0 Å². The molecule has 1 aliphatic heterocycles. The molecule has 2 heterocycles. The summed E-state index contributed by atoms with van der Waals surface area (Å²) < 4.78 is 20.4. The number of rotatable bonds is 5. The van der Waals surface area contributed by atoms with Gasteiger partial charge in [-0.3, -0.25) is 9.69 Å². The molecule has 1 amide bonds. The number of carbonyl (C=O) groups is 1. The van der Waals surface area contributed by atoms with Crippen molar-refractivity contribution in [3.05, 3.63) is 70.9 Å².